The Morgan fingerprint density at radius 1 is 1.21 bits per heavy atom. The topological polar surface area (TPSA) is 69.6 Å². The van der Waals surface area contributed by atoms with E-state index in [0.717, 1.165) is 0 Å². The van der Waals surface area contributed by atoms with Crippen LogP contribution in [0.3, 0.4) is 0 Å². The monoisotopic (exact) mass is 203 g/mol. The second-order valence-corrected chi connectivity index (χ2v) is 3.40. The van der Waals surface area contributed by atoms with Crippen molar-refractivity contribution < 1.29 is 15.0 Å². The first-order chi connectivity index (χ1) is 6.56. The lowest BCUT2D eigenvalue weighted by molar-refractivity contribution is -0.123. The Hall–Kier alpha value is -0.610. The lowest BCUT2D eigenvalue weighted by atomic mass is 10.0. The third-order valence-electron chi connectivity index (χ3n) is 2.33. The first kappa shape index (κ1) is 13.4. The van der Waals surface area contributed by atoms with E-state index in [9.17, 15) is 15.0 Å². The van der Waals surface area contributed by atoms with Crippen LogP contribution in [-0.4, -0.2) is 34.4 Å². The molecule has 3 atom stereocenters. The van der Waals surface area contributed by atoms with E-state index in [2.05, 4.69) is 5.32 Å². The second-order valence-electron chi connectivity index (χ2n) is 3.40. The van der Waals surface area contributed by atoms with Crippen LogP contribution in [0.2, 0.25) is 0 Å². The number of nitrogens with one attached hydrogen (secondary N) is 1. The van der Waals surface area contributed by atoms with Gasteiger partial charge in [0.2, 0.25) is 5.91 Å². The van der Waals surface area contributed by atoms with E-state index in [1.807, 2.05) is 6.92 Å². The Morgan fingerprint density at radius 2 is 1.79 bits per heavy atom. The Morgan fingerprint density at radius 3 is 2.14 bits per heavy atom. The van der Waals surface area contributed by atoms with Gasteiger partial charge in [-0.25, -0.2) is 0 Å². The van der Waals surface area contributed by atoms with Crippen molar-refractivity contribution >= 4 is 5.91 Å². The zero-order chi connectivity index (χ0) is 11.1. The van der Waals surface area contributed by atoms with Crippen LogP contribution in [0.1, 0.15) is 40.0 Å². The Labute approximate surface area is 85.3 Å². The van der Waals surface area contributed by atoms with Crippen LogP contribution in [0.4, 0.5) is 0 Å². The van der Waals surface area contributed by atoms with E-state index >= 15 is 0 Å². The Balaban J connectivity index is 4.18. The molecule has 4 nitrogen and oxygen atoms in total. The molecule has 0 fully saturated rings. The van der Waals surface area contributed by atoms with Crippen LogP contribution in [0.25, 0.3) is 0 Å². The molecule has 3 unspecified atom stereocenters. The van der Waals surface area contributed by atoms with Gasteiger partial charge in [0.1, 0.15) is 0 Å². The molecule has 1 amide bonds. The number of rotatable bonds is 6. The molecule has 0 spiro atoms. The minimum Gasteiger partial charge on any atom is -0.390 e. The van der Waals surface area contributed by atoms with Gasteiger partial charge in [0.15, 0.2) is 0 Å². The van der Waals surface area contributed by atoms with Crippen LogP contribution in [0.5, 0.6) is 0 Å². The molecule has 0 aliphatic rings. The zero-order valence-corrected chi connectivity index (χ0v) is 9.16. The third-order valence-corrected chi connectivity index (χ3v) is 2.33. The maximum absolute atomic E-state index is 11.1. The summed E-state index contributed by atoms with van der Waals surface area (Å²) in [6.45, 7) is 5.42. The van der Waals surface area contributed by atoms with E-state index in [-0.39, 0.29) is 11.9 Å². The highest BCUT2D eigenvalue weighted by Crippen LogP contribution is 2.07. The Kier molecular flexibility index (Phi) is 6.49. The standard InChI is InChI=1S/C10H21NO3/c1-4-7(11-9(13)6-3)10(14)8(12)5-2/h7-8,10,12,14H,4-6H2,1-3H3,(H,11,13). The van der Waals surface area contributed by atoms with Crippen molar-refractivity contribution in [3.05, 3.63) is 0 Å². The van der Waals surface area contributed by atoms with E-state index in [0.29, 0.717) is 19.3 Å². The fraction of sp³-hybridized carbons (Fsp3) is 0.900. The van der Waals surface area contributed by atoms with Gasteiger partial charge in [-0.2, -0.15) is 0 Å². The summed E-state index contributed by atoms with van der Waals surface area (Å²) < 4.78 is 0. The molecule has 0 rings (SSSR count). The summed E-state index contributed by atoms with van der Waals surface area (Å²) in [6.07, 6.45) is -0.146. The van der Waals surface area contributed by atoms with E-state index in [1.165, 1.54) is 0 Å². The van der Waals surface area contributed by atoms with Gasteiger partial charge in [-0.1, -0.05) is 20.8 Å². The number of aliphatic hydroxyl groups excluding tert-OH is 2. The lowest BCUT2D eigenvalue weighted by Crippen LogP contribution is -2.47. The minimum absolute atomic E-state index is 0.0980. The second kappa shape index (κ2) is 6.79. The summed E-state index contributed by atoms with van der Waals surface area (Å²) >= 11 is 0. The predicted molar refractivity (Wildman–Crippen MR) is 54.8 cm³/mol. The number of amides is 1. The van der Waals surface area contributed by atoms with Gasteiger partial charge in [0.25, 0.3) is 0 Å². The first-order valence-electron chi connectivity index (χ1n) is 5.22. The molecule has 0 saturated carbocycles. The van der Waals surface area contributed by atoms with Crippen LogP contribution < -0.4 is 5.32 Å². The minimum atomic E-state index is -0.875. The van der Waals surface area contributed by atoms with E-state index in [4.69, 9.17) is 0 Å². The average Bonchev–Trinajstić information content (AvgIpc) is 2.23. The molecule has 0 bridgehead atoms. The van der Waals surface area contributed by atoms with Crippen molar-refractivity contribution in [1.82, 2.24) is 5.32 Å². The van der Waals surface area contributed by atoms with Crippen LogP contribution in [0.15, 0.2) is 0 Å². The molecular formula is C10H21NO3. The van der Waals surface area contributed by atoms with Crippen molar-refractivity contribution in [2.75, 3.05) is 0 Å². The highest BCUT2D eigenvalue weighted by molar-refractivity contribution is 5.75. The first-order valence-corrected chi connectivity index (χ1v) is 5.22. The summed E-state index contributed by atoms with van der Waals surface area (Å²) in [5.74, 6) is -0.0980. The van der Waals surface area contributed by atoms with Crippen molar-refractivity contribution in [2.45, 2.75) is 58.3 Å². The van der Waals surface area contributed by atoms with Crippen LogP contribution in [-0.2, 0) is 4.79 Å². The van der Waals surface area contributed by atoms with Crippen molar-refractivity contribution in [3.63, 3.8) is 0 Å². The van der Waals surface area contributed by atoms with Crippen molar-refractivity contribution in [1.29, 1.82) is 0 Å². The molecule has 0 aromatic rings. The number of carbonyl (C=O) groups is 1. The zero-order valence-electron chi connectivity index (χ0n) is 9.16. The summed E-state index contributed by atoms with van der Waals surface area (Å²) in [4.78, 5) is 11.1. The quantitative estimate of drug-likeness (QED) is 0.586. The van der Waals surface area contributed by atoms with Crippen LogP contribution >= 0.6 is 0 Å². The molecule has 0 radical (unpaired) electrons. The van der Waals surface area contributed by atoms with E-state index < -0.39 is 12.2 Å². The van der Waals surface area contributed by atoms with Gasteiger partial charge in [-0.3, -0.25) is 4.79 Å². The van der Waals surface area contributed by atoms with Crippen molar-refractivity contribution in [3.8, 4) is 0 Å². The molecule has 3 N–H and O–H groups in total. The van der Waals surface area contributed by atoms with Gasteiger partial charge >= 0.3 is 0 Å². The summed E-state index contributed by atoms with van der Waals surface area (Å²) in [7, 11) is 0. The highest BCUT2D eigenvalue weighted by atomic mass is 16.3. The highest BCUT2D eigenvalue weighted by Gasteiger charge is 2.24. The molecule has 0 aliphatic heterocycles. The number of hydrogen-bond donors (Lipinski definition) is 3. The third kappa shape index (κ3) is 4.07. The SMILES string of the molecule is CCC(=O)NC(CC)C(O)C(O)CC. The van der Waals surface area contributed by atoms with Gasteiger partial charge < -0.3 is 15.5 Å². The van der Waals surface area contributed by atoms with E-state index in [1.54, 1.807) is 13.8 Å². The number of carbonyl (C=O) groups excluding carboxylic acids is 1. The Bertz CT molecular complexity index is 173. The summed E-state index contributed by atoms with van der Waals surface area (Å²) in [5, 5.41) is 21.8. The van der Waals surface area contributed by atoms with Crippen LogP contribution in [0, 0.1) is 0 Å². The maximum Gasteiger partial charge on any atom is 0.220 e. The molecule has 14 heavy (non-hydrogen) atoms. The molecule has 4 heteroatoms. The fourth-order valence-electron chi connectivity index (χ4n) is 1.25. The molecule has 84 valence electrons. The molecule has 0 saturated heterocycles. The summed E-state index contributed by atoms with van der Waals surface area (Å²) in [5.41, 5.74) is 0. The molecular weight excluding hydrogens is 182 g/mol. The molecule has 0 aliphatic carbocycles. The lowest BCUT2D eigenvalue weighted by Gasteiger charge is -2.26. The smallest absolute Gasteiger partial charge is 0.220 e. The summed E-state index contributed by atoms with van der Waals surface area (Å²) in [6, 6.07) is -0.350. The molecule has 0 aromatic carbocycles. The average molecular weight is 203 g/mol. The van der Waals surface area contributed by atoms with Gasteiger partial charge in [0, 0.05) is 6.42 Å². The van der Waals surface area contributed by atoms with Gasteiger partial charge in [0.05, 0.1) is 18.2 Å². The molecule has 0 heterocycles. The maximum atomic E-state index is 11.1. The van der Waals surface area contributed by atoms with Gasteiger partial charge in [-0.05, 0) is 12.8 Å². The number of aliphatic hydroxyl groups is 2. The van der Waals surface area contributed by atoms with Gasteiger partial charge in [-0.15, -0.1) is 0 Å². The van der Waals surface area contributed by atoms with Crippen molar-refractivity contribution in [2.24, 2.45) is 0 Å². The normalized spacial score (nSPS) is 17.2. The predicted octanol–water partition coefficient (Wildman–Crippen LogP) is 0.423. The fourth-order valence-corrected chi connectivity index (χ4v) is 1.25. The number of hydrogen-bond acceptors (Lipinski definition) is 3. The molecule has 0 aromatic heterocycles. The largest absolute Gasteiger partial charge is 0.390 e.